The molecule has 0 amide bonds. The van der Waals surface area contributed by atoms with Crippen molar-refractivity contribution >= 4 is 22.2 Å². The van der Waals surface area contributed by atoms with Crippen LogP contribution >= 0.6 is 11.3 Å². The third-order valence-corrected chi connectivity index (χ3v) is 4.35. The first kappa shape index (κ1) is 13.3. The van der Waals surface area contributed by atoms with E-state index in [0.29, 0.717) is 0 Å². The zero-order chi connectivity index (χ0) is 13.8. The molecule has 2 aromatic heterocycles. The van der Waals surface area contributed by atoms with Gasteiger partial charge in [0.05, 0.1) is 11.6 Å². The SMILES string of the molecule is CCCNC(c1cccs1)c1cccc2ncccc12. The van der Waals surface area contributed by atoms with E-state index in [1.807, 2.05) is 12.3 Å². The van der Waals surface area contributed by atoms with Crippen LogP contribution in [0.25, 0.3) is 10.9 Å². The minimum absolute atomic E-state index is 0.253. The van der Waals surface area contributed by atoms with E-state index in [1.165, 1.54) is 15.8 Å². The number of nitrogens with zero attached hydrogens (tertiary/aromatic N) is 1. The van der Waals surface area contributed by atoms with Crippen LogP contribution in [0.3, 0.4) is 0 Å². The van der Waals surface area contributed by atoms with Gasteiger partial charge in [0.2, 0.25) is 0 Å². The van der Waals surface area contributed by atoms with Crippen molar-refractivity contribution < 1.29 is 0 Å². The fourth-order valence-corrected chi connectivity index (χ4v) is 3.30. The predicted molar refractivity (Wildman–Crippen MR) is 86.2 cm³/mol. The molecule has 0 aliphatic rings. The van der Waals surface area contributed by atoms with Crippen molar-refractivity contribution in [3.8, 4) is 0 Å². The van der Waals surface area contributed by atoms with Crippen LogP contribution < -0.4 is 5.32 Å². The lowest BCUT2D eigenvalue weighted by Crippen LogP contribution is -2.22. The first-order valence-electron chi connectivity index (χ1n) is 7.00. The Morgan fingerprint density at radius 2 is 2.10 bits per heavy atom. The van der Waals surface area contributed by atoms with Crippen LogP contribution in [0.1, 0.15) is 29.8 Å². The van der Waals surface area contributed by atoms with Gasteiger partial charge in [-0.05, 0) is 42.1 Å². The lowest BCUT2D eigenvalue weighted by Gasteiger charge is -2.19. The van der Waals surface area contributed by atoms with Crippen molar-refractivity contribution in [2.45, 2.75) is 19.4 Å². The highest BCUT2D eigenvalue weighted by atomic mass is 32.1. The number of benzene rings is 1. The van der Waals surface area contributed by atoms with E-state index in [1.54, 1.807) is 11.3 Å². The summed E-state index contributed by atoms with van der Waals surface area (Å²) in [6.45, 7) is 3.21. The third kappa shape index (κ3) is 2.60. The Labute approximate surface area is 123 Å². The summed E-state index contributed by atoms with van der Waals surface area (Å²) in [6.07, 6.45) is 2.98. The van der Waals surface area contributed by atoms with Crippen LogP contribution in [0.5, 0.6) is 0 Å². The highest BCUT2D eigenvalue weighted by molar-refractivity contribution is 7.10. The van der Waals surface area contributed by atoms with Gasteiger partial charge in [-0.3, -0.25) is 4.98 Å². The van der Waals surface area contributed by atoms with E-state index in [-0.39, 0.29) is 6.04 Å². The lowest BCUT2D eigenvalue weighted by atomic mass is 10.00. The van der Waals surface area contributed by atoms with E-state index in [4.69, 9.17) is 0 Å². The van der Waals surface area contributed by atoms with Crippen molar-refractivity contribution in [1.82, 2.24) is 10.3 Å². The summed E-state index contributed by atoms with van der Waals surface area (Å²) in [5.74, 6) is 0. The number of rotatable bonds is 5. The molecule has 1 N–H and O–H groups in total. The van der Waals surface area contributed by atoms with Gasteiger partial charge in [-0.25, -0.2) is 0 Å². The Bertz CT molecular complexity index is 671. The second-order valence-electron chi connectivity index (χ2n) is 4.82. The normalized spacial score (nSPS) is 12.7. The van der Waals surface area contributed by atoms with Gasteiger partial charge >= 0.3 is 0 Å². The minimum atomic E-state index is 0.253. The van der Waals surface area contributed by atoms with Gasteiger partial charge in [0, 0.05) is 16.5 Å². The van der Waals surface area contributed by atoms with Crippen LogP contribution in [0, 0.1) is 0 Å². The maximum absolute atomic E-state index is 4.46. The number of nitrogens with one attached hydrogen (secondary N) is 1. The smallest absolute Gasteiger partial charge is 0.0705 e. The van der Waals surface area contributed by atoms with Crippen LogP contribution in [-0.4, -0.2) is 11.5 Å². The number of hydrogen-bond acceptors (Lipinski definition) is 3. The van der Waals surface area contributed by atoms with Crippen molar-refractivity contribution in [2.75, 3.05) is 6.54 Å². The van der Waals surface area contributed by atoms with Gasteiger partial charge in [0.1, 0.15) is 0 Å². The van der Waals surface area contributed by atoms with Crippen LogP contribution in [0.2, 0.25) is 0 Å². The lowest BCUT2D eigenvalue weighted by molar-refractivity contribution is 0.609. The Kier molecular flexibility index (Phi) is 4.09. The van der Waals surface area contributed by atoms with Gasteiger partial charge in [-0.1, -0.05) is 31.2 Å². The highest BCUT2D eigenvalue weighted by Gasteiger charge is 2.16. The van der Waals surface area contributed by atoms with Gasteiger partial charge < -0.3 is 5.32 Å². The van der Waals surface area contributed by atoms with Crippen LogP contribution in [0.4, 0.5) is 0 Å². The van der Waals surface area contributed by atoms with Crippen molar-refractivity contribution in [3.05, 3.63) is 64.5 Å². The number of aromatic nitrogens is 1. The summed E-state index contributed by atoms with van der Waals surface area (Å²) in [5.41, 5.74) is 2.37. The molecule has 1 aromatic carbocycles. The van der Waals surface area contributed by atoms with E-state index >= 15 is 0 Å². The molecular weight excluding hydrogens is 264 g/mol. The van der Waals surface area contributed by atoms with Gasteiger partial charge in [0.25, 0.3) is 0 Å². The standard InChI is InChI=1S/C17H18N2S/c1-2-10-19-17(16-9-5-12-20-16)14-6-3-8-15-13(14)7-4-11-18-15/h3-9,11-12,17,19H,2,10H2,1H3. The predicted octanol–water partition coefficient (Wildman–Crippen LogP) is 4.39. The van der Waals surface area contributed by atoms with Crippen molar-refractivity contribution in [2.24, 2.45) is 0 Å². The average molecular weight is 282 g/mol. The molecule has 0 aliphatic carbocycles. The number of fused-ring (bicyclic) bond motifs is 1. The van der Waals surface area contributed by atoms with Gasteiger partial charge in [0.15, 0.2) is 0 Å². The Morgan fingerprint density at radius 1 is 1.15 bits per heavy atom. The fourth-order valence-electron chi connectivity index (χ4n) is 2.49. The number of hydrogen-bond donors (Lipinski definition) is 1. The minimum Gasteiger partial charge on any atom is -0.306 e. The Morgan fingerprint density at radius 3 is 2.90 bits per heavy atom. The average Bonchev–Trinajstić information content (AvgIpc) is 3.02. The molecule has 3 rings (SSSR count). The van der Waals surface area contributed by atoms with E-state index in [0.717, 1.165) is 18.5 Å². The molecular formula is C17H18N2S. The number of pyridine rings is 1. The molecule has 0 bridgehead atoms. The Hall–Kier alpha value is -1.71. The molecule has 0 fully saturated rings. The molecule has 2 nitrogen and oxygen atoms in total. The summed E-state index contributed by atoms with van der Waals surface area (Å²) in [5, 5.41) is 7.03. The van der Waals surface area contributed by atoms with Gasteiger partial charge in [-0.2, -0.15) is 0 Å². The first-order valence-corrected chi connectivity index (χ1v) is 7.88. The van der Waals surface area contributed by atoms with E-state index < -0.39 is 0 Å². The zero-order valence-electron chi connectivity index (χ0n) is 11.5. The molecule has 0 saturated carbocycles. The summed E-state index contributed by atoms with van der Waals surface area (Å²) in [6, 6.07) is 15.1. The molecule has 1 unspecified atom stereocenters. The van der Waals surface area contributed by atoms with Gasteiger partial charge in [-0.15, -0.1) is 11.3 Å². The Balaban J connectivity index is 2.09. The summed E-state index contributed by atoms with van der Waals surface area (Å²) in [7, 11) is 0. The molecule has 2 heterocycles. The highest BCUT2D eigenvalue weighted by Crippen LogP contribution is 2.30. The summed E-state index contributed by atoms with van der Waals surface area (Å²) in [4.78, 5) is 5.82. The largest absolute Gasteiger partial charge is 0.306 e. The second kappa shape index (κ2) is 6.16. The second-order valence-corrected chi connectivity index (χ2v) is 5.80. The summed E-state index contributed by atoms with van der Waals surface area (Å²) >= 11 is 1.80. The molecule has 0 radical (unpaired) electrons. The molecule has 102 valence electrons. The molecule has 1 atom stereocenters. The van der Waals surface area contributed by atoms with Crippen molar-refractivity contribution in [1.29, 1.82) is 0 Å². The molecule has 3 aromatic rings. The zero-order valence-corrected chi connectivity index (χ0v) is 12.4. The third-order valence-electron chi connectivity index (χ3n) is 3.42. The maximum atomic E-state index is 4.46. The molecule has 0 spiro atoms. The molecule has 3 heteroatoms. The number of thiophene rings is 1. The van der Waals surface area contributed by atoms with E-state index in [2.05, 4.69) is 59.0 Å². The topological polar surface area (TPSA) is 24.9 Å². The van der Waals surface area contributed by atoms with Crippen LogP contribution in [-0.2, 0) is 0 Å². The molecule has 0 aliphatic heterocycles. The molecule has 0 saturated heterocycles. The van der Waals surface area contributed by atoms with Crippen molar-refractivity contribution in [3.63, 3.8) is 0 Å². The quantitative estimate of drug-likeness (QED) is 0.751. The summed E-state index contributed by atoms with van der Waals surface area (Å²) < 4.78 is 0. The maximum Gasteiger partial charge on any atom is 0.0705 e. The fraction of sp³-hybridized carbons (Fsp3) is 0.235. The molecule has 20 heavy (non-hydrogen) atoms. The monoisotopic (exact) mass is 282 g/mol. The first-order chi connectivity index (χ1) is 9.90. The van der Waals surface area contributed by atoms with Crippen LogP contribution in [0.15, 0.2) is 54.0 Å². The van der Waals surface area contributed by atoms with E-state index in [9.17, 15) is 0 Å².